The number of benzene rings is 1. The third-order valence-electron chi connectivity index (χ3n) is 4.53. The summed E-state index contributed by atoms with van der Waals surface area (Å²) in [5.74, 6) is 7.40. The van der Waals surface area contributed by atoms with E-state index in [0.29, 0.717) is 22.3 Å². The lowest BCUT2D eigenvalue weighted by Crippen LogP contribution is -2.00. The lowest BCUT2D eigenvalue weighted by Gasteiger charge is -2.09. The molecular weight excluding hydrogens is 376 g/mol. The molecule has 0 aliphatic heterocycles. The minimum atomic E-state index is 0.223. The maximum Gasteiger partial charge on any atom is 0.319 e. The molecule has 1 fully saturated rings. The number of hydrogen-bond acceptors (Lipinski definition) is 6. The molecule has 1 aromatic carbocycles. The standard InChI is InChI=1S/C21H17ClN4O2/c1-27-20-17(12-23-21(24-20)28-2)18-11-16(19(22)26-25-18)15-10-14(15)9-8-13-6-4-3-5-7-13/h3-7,11-12,14-15H,10H2,1-2H3. The van der Waals surface area contributed by atoms with Crippen LogP contribution in [0, 0.1) is 17.8 Å². The van der Waals surface area contributed by atoms with Gasteiger partial charge in [-0.2, -0.15) is 4.98 Å². The molecule has 0 radical (unpaired) electrons. The predicted molar refractivity (Wildman–Crippen MR) is 105 cm³/mol. The van der Waals surface area contributed by atoms with Crippen LogP contribution in [0.25, 0.3) is 11.3 Å². The summed E-state index contributed by atoms with van der Waals surface area (Å²) >= 11 is 6.32. The molecule has 0 saturated heterocycles. The van der Waals surface area contributed by atoms with Crippen LogP contribution in [0.4, 0.5) is 0 Å². The van der Waals surface area contributed by atoms with Gasteiger partial charge in [-0.25, -0.2) is 4.98 Å². The van der Waals surface area contributed by atoms with Crippen LogP contribution in [-0.2, 0) is 0 Å². The molecule has 0 bridgehead atoms. The van der Waals surface area contributed by atoms with E-state index in [2.05, 4.69) is 32.0 Å². The molecule has 0 N–H and O–H groups in total. The molecule has 2 aromatic heterocycles. The van der Waals surface area contributed by atoms with Crippen LogP contribution in [-0.4, -0.2) is 34.4 Å². The average Bonchev–Trinajstić information content (AvgIpc) is 3.52. The van der Waals surface area contributed by atoms with E-state index >= 15 is 0 Å². The minimum Gasteiger partial charge on any atom is -0.480 e. The highest BCUT2D eigenvalue weighted by Crippen LogP contribution is 2.49. The van der Waals surface area contributed by atoms with Crippen LogP contribution in [0.15, 0.2) is 42.6 Å². The van der Waals surface area contributed by atoms with Gasteiger partial charge < -0.3 is 9.47 Å². The van der Waals surface area contributed by atoms with Gasteiger partial charge in [0.05, 0.1) is 19.8 Å². The van der Waals surface area contributed by atoms with E-state index in [1.165, 1.54) is 14.2 Å². The monoisotopic (exact) mass is 392 g/mol. The molecule has 28 heavy (non-hydrogen) atoms. The van der Waals surface area contributed by atoms with Crippen molar-refractivity contribution in [2.75, 3.05) is 14.2 Å². The van der Waals surface area contributed by atoms with E-state index in [0.717, 1.165) is 17.5 Å². The Balaban J connectivity index is 1.60. The van der Waals surface area contributed by atoms with Crippen molar-refractivity contribution >= 4 is 11.6 Å². The highest BCUT2D eigenvalue weighted by molar-refractivity contribution is 6.30. The van der Waals surface area contributed by atoms with Gasteiger partial charge in [0.1, 0.15) is 5.69 Å². The molecule has 3 aromatic rings. The molecule has 1 aliphatic rings. The number of aromatic nitrogens is 4. The van der Waals surface area contributed by atoms with Crippen LogP contribution in [0.2, 0.25) is 5.15 Å². The maximum atomic E-state index is 6.32. The summed E-state index contributed by atoms with van der Waals surface area (Å²) in [5.41, 5.74) is 3.16. The molecule has 6 nitrogen and oxygen atoms in total. The molecule has 4 rings (SSSR count). The van der Waals surface area contributed by atoms with Crippen molar-refractivity contribution in [3.8, 4) is 35.0 Å². The van der Waals surface area contributed by atoms with Crippen molar-refractivity contribution in [1.82, 2.24) is 20.2 Å². The highest BCUT2D eigenvalue weighted by Gasteiger charge is 2.39. The van der Waals surface area contributed by atoms with Gasteiger partial charge in [0.2, 0.25) is 5.88 Å². The lowest BCUT2D eigenvalue weighted by molar-refractivity contribution is 0.353. The fourth-order valence-electron chi connectivity index (χ4n) is 2.96. The van der Waals surface area contributed by atoms with Gasteiger partial charge in [-0.3, -0.25) is 0 Å². The largest absolute Gasteiger partial charge is 0.480 e. The normalized spacial score (nSPS) is 17.4. The number of halogens is 1. The molecule has 1 saturated carbocycles. The Morgan fingerprint density at radius 2 is 1.93 bits per heavy atom. The Bertz CT molecular complexity index is 1060. The van der Waals surface area contributed by atoms with Crippen molar-refractivity contribution < 1.29 is 9.47 Å². The predicted octanol–water partition coefficient (Wildman–Crippen LogP) is 3.76. The van der Waals surface area contributed by atoms with Gasteiger partial charge in [0.15, 0.2) is 5.15 Å². The number of rotatable bonds is 4. The van der Waals surface area contributed by atoms with E-state index in [-0.39, 0.29) is 17.8 Å². The minimum absolute atomic E-state index is 0.223. The third-order valence-corrected chi connectivity index (χ3v) is 4.82. The molecule has 0 spiro atoms. The van der Waals surface area contributed by atoms with E-state index in [1.54, 1.807) is 6.20 Å². The van der Waals surface area contributed by atoms with Gasteiger partial charge in [-0.15, -0.1) is 10.2 Å². The van der Waals surface area contributed by atoms with Gasteiger partial charge in [-0.1, -0.05) is 41.6 Å². The Hall–Kier alpha value is -3.17. The number of nitrogens with zero attached hydrogens (tertiary/aromatic N) is 4. The first-order chi connectivity index (χ1) is 13.7. The summed E-state index contributed by atoms with van der Waals surface area (Å²) in [5, 5.41) is 8.69. The molecule has 0 amide bonds. The molecule has 7 heteroatoms. The van der Waals surface area contributed by atoms with E-state index < -0.39 is 0 Å². The van der Waals surface area contributed by atoms with Gasteiger partial charge in [-0.05, 0) is 30.2 Å². The second-order valence-electron chi connectivity index (χ2n) is 6.34. The Labute approximate surface area is 167 Å². The quantitative estimate of drug-likeness (QED) is 0.629. The zero-order valence-corrected chi connectivity index (χ0v) is 16.1. The van der Waals surface area contributed by atoms with E-state index in [1.807, 2.05) is 36.4 Å². The van der Waals surface area contributed by atoms with Crippen LogP contribution in [0.3, 0.4) is 0 Å². The SMILES string of the molecule is COc1ncc(-c2cc(C3CC3C#Cc3ccccc3)c(Cl)nn2)c(OC)n1. The second-order valence-corrected chi connectivity index (χ2v) is 6.70. The fraction of sp³-hybridized carbons (Fsp3) is 0.238. The topological polar surface area (TPSA) is 70.0 Å². The summed E-state index contributed by atoms with van der Waals surface area (Å²) < 4.78 is 10.4. The summed E-state index contributed by atoms with van der Waals surface area (Å²) in [6, 6.07) is 12.1. The molecule has 2 heterocycles. The summed E-state index contributed by atoms with van der Waals surface area (Å²) in [4.78, 5) is 8.33. The highest BCUT2D eigenvalue weighted by atomic mass is 35.5. The van der Waals surface area contributed by atoms with E-state index in [4.69, 9.17) is 21.1 Å². The first-order valence-electron chi connectivity index (χ1n) is 8.74. The molecule has 2 unspecified atom stereocenters. The zero-order valence-electron chi connectivity index (χ0n) is 15.4. The smallest absolute Gasteiger partial charge is 0.319 e. The van der Waals surface area contributed by atoms with Crippen molar-refractivity contribution in [2.24, 2.45) is 5.92 Å². The van der Waals surface area contributed by atoms with Gasteiger partial charge in [0.25, 0.3) is 0 Å². The van der Waals surface area contributed by atoms with E-state index in [9.17, 15) is 0 Å². The second kappa shape index (κ2) is 7.83. The Kier molecular flexibility index (Phi) is 5.09. The summed E-state index contributed by atoms with van der Waals surface area (Å²) in [6.07, 6.45) is 2.55. The molecular formula is C21H17ClN4O2. The summed E-state index contributed by atoms with van der Waals surface area (Å²) in [6.45, 7) is 0. The van der Waals surface area contributed by atoms with Crippen molar-refractivity contribution in [3.05, 3.63) is 58.9 Å². The summed E-state index contributed by atoms with van der Waals surface area (Å²) in [7, 11) is 3.03. The number of hydrogen-bond donors (Lipinski definition) is 0. The van der Waals surface area contributed by atoms with Crippen LogP contribution in [0.1, 0.15) is 23.5 Å². The first-order valence-corrected chi connectivity index (χ1v) is 9.12. The molecule has 140 valence electrons. The lowest BCUT2D eigenvalue weighted by atomic mass is 10.1. The maximum absolute atomic E-state index is 6.32. The van der Waals surface area contributed by atoms with Crippen molar-refractivity contribution in [1.29, 1.82) is 0 Å². The molecule has 2 atom stereocenters. The number of methoxy groups -OCH3 is 2. The van der Waals surface area contributed by atoms with Gasteiger partial charge >= 0.3 is 6.01 Å². The Morgan fingerprint density at radius 3 is 2.68 bits per heavy atom. The first kappa shape index (κ1) is 18.2. The van der Waals surface area contributed by atoms with Crippen LogP contribution < -0.4 is 9.47 Å². The molecule has 1 aliphatic carbocycles. The van der Waals surface area contributed by atoms with Crippen molar-refractivity contribution in [3.63, 3.8) is 0 Å². The zero-order chi connectivity index (χ0) is 19.5. The Morgan fingerprint density at radius 1 is 1.11 bits per heavy atom. The van der Waals surface area contributed by atoms with Gasteiger partial charge in [0, 0.05) is 23.6 Å². The average molecular weight is 393 g/mol. The fourth-order valence-corrected chi connectivity index (χ4v) is 3.19. The van der Waals surface area contributed by atoms with Crippen LogP contribution in [0.5, 0.6) is 11.9 Å². The third kappa shape index (κ3) is 3.75. The van der Waals surface area contributed by atoms with Crippen molar-refractivity contribution in [2.45, 2.75) is 12.3 Å². The van der Waals surface area contributed by atoms with Crippen LogP contribution >= 0.6 is 11.6 Å². The number of ether oxygens (including phenoxy) is 2.